The Labute approximate surface area is 275 Å². The highest BCUT2D eigenvalue weighted by atomic mass is 19.3. The number of halogens is 2. The highest BCUT2D eigenvalue weighted by molar-refractivity contribution is 5.92. The molecule has 11 heteroatoms. The third-order valence-corrected chi connectivity index (χ3v) is 10.8. The van der Waals surface area contributed by atoms with E-state index in [0.29, 0.717) is 47.8 Å². The number of aromatic nitrogens is 1. The first kappa shape index (κ1) is 33.4. The lowest BCUT2D eigenvalue weighted by Gasteiger charge is -2.36. The minimum atomic E-state index is -3.30. The fourth-order valence-electron chi connectivity index (χ4n) is 8.31. The Balaban J connectivity index is 1.43. The highest BCUT2D eigenvalue weighted by Crippen LogP contribution is 2.58. The predicted molar refractivity (Wildman–Crippen MR) is 171 cm³/mol. The number of methoxy groups -OCH3 is 1. The number of carbonyl (C=O) groups excluding carboxylic acids is 3. The first-order valence-corrected chi connectivity index (χ1v) is 17.0. The topological polar surface area (TPSA) is 107 Å². The zero-order chi connectivity index (χ0) is 33.8. The Morgan fingerprint density at radius 1 is 1.11 bits per heavy atom. The molecule has 2 aliphatic carbocycles. The van der Waals surface area contributed by atoms with E-state index in [9.17, 15) is 14.4 Å². The van der Waals surface area contributed by atoms with E-state index in [-0.39, 0.29) is 36.5 Å². The van der Waals surface area contributed by atoms with Crippen molar-refractivity contribution in [1.82, 2.24) is 15.2 Å². The van der Waals surface area contributed by atoms with Gasteiger partial charge in [-0.25, -0.2) is 9.78 Å². The average Bonchev–Trinajstić information content (AvgIpc) is 3.54. The predicted octanol–water partition coefficient (Wildman–Crippen LogP) is 6.65. The molecule has 1 N–H and O–H groups in total. The zero-order valence-corrected chi connectivity index (χ0v) is 28.2. The summed E-state index contributed by atoms with van der Waals surface area (Å²) in [6.45, 7) is 8.85. The number of ketones is 1. The Morgan fingerprint density at radius 3 is 2.55 bits per heavy atom. The number of carbonyl (C=O) groups is 3. The van der Waals surface area contributed by atoms with Crippen molar-refractivity contribution in [3.05, 3.63) is 30.0 Å². The van der Waals surface area contributed by atoms with E-state index in [1.165, 1.54) is 18.9 Å². The Bertz CT molecular complexity index is 1540. The summed E-state index contributed by atoms with van der Waals surface area (Å²) in [7, 11) is 1.53. The van der Waals surface area contributed by atoms with Gasteiger partial charge < -0.3 is 24.4 Å². The number of ether oxygens (including phenoxy) is 3. The van der Waals surface area contributed by atoms with E-state index < -0.39 is 59.6 Å². The van der Waals surface area contributed by atoms with E-state index in [2.05, 4.69) is 10.3 Å². The molecule has 2 saturated carbocycles. The van der Waals surface area contributed by atoms with Gasteiger partial charge in [-0.2, -0.15) is 8.78 Å². The van der Waals surface area contributed by atoms with Gasteiger partial charge in [0.05, 0.1) is 25.2 Å². The highest BCUT2D eigenvalue weighted by Gasteiger charge is 2.55. The molecule has 8 atom stereocenters. The molecular weight excluding hydrogens is 608 g/mol. The maximum absolute atomic E-state index is 16.2. The largest absolute Gasteiger partial charge is 0.497 e. The second-order valence-electron chi connectivity index (χ2n) is 15.1. The Kier molecular flexibility index (Phi) is 8.89. The van der Waals surface area contributed by atoms with E-state index in [1.807, 2.05) is 27.7 Å². The van der Waals surface area contributed by atoms with Gasteiger partial charge in [0.1, 0.15) is 29.7 Å². The SMILES string of the molecule is CC[C@@H]1[C@@H]2CN(C(=O)[C@H](C(C)(C)C)NC(=O)O[C@@H]3CC4CC4[C@H]3CCCCC(F)(F)c3nc4ccc(OC)cc4cc3O2)[C@@H]1C(C)=O. The summed E-state index contributed by atoms with van der Waals surface area (Å²) in [6.07, 6.45) is 1.61. The molecular formula is C36H47F2N3O6. The summed E-state index contributed by atoms with van der Waals surface area (Å²) in [5, 5.41) is 3.43. The molecule has 2 amide bonds. The van der Waals surface area contributed by atoms with Gasteiger partial charge in [0, 0.05) is 17.7 Å². The van der Waals surface area contributed by atoms with Crippen LogP contribution in [0, 0.1) is 29.1 Å². The molecule has 2 aromatic rings. The molecule has 47 heavy (non-hydrogen) atoms. The maximum Gasteiger partial charge on any atom is 0.408 e. The number of Topliss-reactive ketones (excluding diaryl/α,β-unsaturated/α-hetero) is 1. The number of rotatable bonds is 3. The third-order valence-electron chi connectivity index (χ3n) is 10.8. The minimum Gasteiger partial charge on any atom is -0.497 e. The summed E-state index contributed by atoms with van der Waals surface area (Å²) in [4.78, 5) is 46.8. The molecule has 256 valence electrons. The van der Waals surface area contributed by atoms with Gasteiger partial charge in [-0.3, -0.25) is 9.59 Å². The first-order chi connectivity index (χ1) is 22.2. The molecule has 1 aromatic heterocycles. The Morgan fingerprint density at radius 2 is 1.87 bits per heavy atom. The van der Waals surface area contributed by atoms with E-state index >= 15 is 8.78 Å². The number of alkyl halides is 2. The zero-order valence-electron chi connectivity index (χ0n) is 28.2. The number of pyridine rings is 1. The number of alkyl carbamates (subject to hydrolysis) is 1. The van der Waals surface area contributed by atoms with Crippen LogP contribution in [0.15, 0.2) is 24.3 Å². The number of fused-ring (bicyclic) bond motifs is 7. The number of hydrogen-bond donors (Lipinski definition) is 1. The van der Waals surface area contributed by atoms with Crippen molar-refractivity contribution in [1.29, 1.82) is 0 Å². The Hall–Kier alpha value is -3.50. The van der Waals surface area contributed by atoms with Crippen LogP contribution in [0.25, 0.3) is 10.9 Å². The molecule has 3 heterocycles. The summed E-state index contributed by atoms with van der Waals surface area (Å²) < 4.78 is 50.2. The molecule has 0 radical (unpaired) electrons. The van der Waals surface area contributed by atoms with Gasteiger partial charge in [-0.15, -0.1) is 0 Å². The van der Waals surface area contributed by atoms with Crippen LogP contribution < -0.4 is 14.8 Å². The quantitative estimate of drug-likeness (QED) is 0.395. The molecule has 4 aliphatic rings. The minimum absolute atomic E-state index is 0.0138. The molecule has 1 saturated heterocycles. The summed E-state index contributed by atoms with van der Waals surface area (Å²) in [5.41, 5.74) is -0.770. The smallest absolute Gasteiger partial charge is 0.408 e. The molecule has 2 unspecified atom stereocenters. The van der Waals surface area contributed by atoms with Crippen molar-refractivity contribution in [2.24, 2.45) is 29.1 Å². The first-order valence-electron chi connectivity index (χ1n) is 17.0. The van der Waals surface area contributed by atoms with Crippen LogP contribution in [0.5, 0.6) is 11.5 Å². The normalized spacial score (nSPS) is 32.6. The second kappa shape index (κ2) is 12.5. The van der Waals surface area contributed by atoms with Crippen LogP contribution in [-0.4, -0.2) is 65.6 Å². The van der Waals surface area contributed by atoms with Crippen molar-refractivity contribution in [3.63, 3.8) is 0 Å². The maximum atomic E-state index is 16.2. The molecule has 2 bridgehead atoms. The number of nitrogens with one attached hydrogen (secondary N) is 1. The molecule has 1 aromatic carbocycles. The fraction of sp³-hybridized carbons (Fsp3) is 0.667. The van der Waals surface area contributed by atoms with E-state index in [4.69, 9.17) is 14.2 Å². The molecule has 0 spiro atoms. The average molecular weight is 656 g/mol. The van der Waals surface area contributed by atoms with Crippen molar-refractivity contribution in [3.8, 4) is 11.5 Å². The van der Waals surface area contributed by atoms with Crippen molar-refractivity contribution in [2.75, 3.05) is 13.7 Å². The number of nitrogens with zero attached hydrogens (tertiary/aromatic N) is 2. The van der Waals surface area contributed by atoms with Crippen molar-refractivity contribution in [2.45, 2.75) is 110 Å². The van der Waals surface area contributed by atoms with Gasteiger partial charge in [0.15, 0.2) is 11.5 Å². The standard InChI is InChI=1S/C36H47F2N3O6/c1-7-23-29-18-41(30(23)19(2)42)33(43)32(35(3,4)5)40-34(44)47-27-16-20-15-25(20)24(27)10-8-9-13-36(37,38)31-28(46-29)17-21-14-22(45-6)11-12-26(21)39-31/h11-12,14,17,20,23-25,27,29-30,32H,7-10,13,15-16,18H2,1-6H3,(H,40,44)/t20?,23-,24-,25?,27-,29+,30-,32-/m1/s1. The van der Waals surface area contributed by atoms with E-state index in [0.717, 1.165) is 12.8 Å². The monoisotopic (exact) mass is 655 g/mol. The third kappa shape index (κ3) is 6.51. The van der Waals surface area contributed by atoms with Crippen molar-refractivity contribution >= 4 is 28.7 Å². The van der Waals surface area contributed by atoms with Crippen LogP contribution in [-0.2, 0) is 20.2 Å². The second-order valence-corrected chi connectivity index (χ2v) is 15.1. The molecule has 6 rings (SSSR count). The fourth-order valence-corrected chi connectivity index (χ4v) is 8.31. The summed E-state index contributed by atoms with van der Waals surface area (Å²) in [5.74, 6) is -2.94. The lowest BCUT2D eigenvalue weighted by molar-refractivity contribution is -0.141. The van der Waals surface area contributed by atoms with Gasteiger partial charge in [-0.05, 0) is 86.5 Å². The molecule has 2 aliphatic heterocycles. The van der Waals surface area contributed by atoms with Crippen molar-refractivity contribution < 1.29 is 37.4 Å². The number of amides is 2. The van der Waals surface area contributed by atoms with Crippen LogP contribution in [0.3, 0.4) is 0 Å². The van der Waals surface area contributed by atoms with Gasteiger partial charge in [0.2, 0.25) is 5.91 Å². The van der Waals surface area contributed by atoms with Crippen LogP contribution >= 0.6 is 0 Å². The number of hydrogen-bond acceptors (Lipinski definition) is 7. The van der Waals surface area contributed by atoms with Gasteiger partial charge >= 0.3 is 6.09 Å². The van der Waals surface area contributed by atoms with Crippen LogP contribution in [0.1, 0.15) is 85.3 Å². The number of benzene rings is 1. The van der Waals surface area contributed by atoms with Gasteiger partial charge in [0.25, 0.3) is 5.92 Å². The lowest BCUT2D eigenvalue weighted by atomic mass is 9.85. The summed E-state index contributed by atoms with van der Waals surface area (Å²) in [6, 6.07) is 4.78. The lowest BCUT2D eigenvalue weighted by Crippen LogP contribution is -2.57. The molecule has 3 fully saturated rings. The molecule has 9 nitrogen and oxygen atoms in total. The van der Waals surface area contributed by atoms with Crippen LogP contribution in [0.2, 0.25) is 0 Å². The summed E-state index contributed by atoms with van der Waals surface area (Å²) >= 11 is 0. The van der Waals surface area contributed by atoms with E-state index in [1.54, 1.807) is 24.3 Å². The van der Waals surface area contributed by atoms with Gasteiger partial charge in [-0.1, -0.05) is 34.1 Å². The van der Waals surface area contributed by atoms with Crippen LogP contribution in [0.4, 0.5) is 13.6 Å².